The van der Waals surface area contributed by atoms with Crippen LogP contribution < -0.4 is 5.32 Å². The lowest BCUT2D eigenvalue weighted by Crippen LogP contribution is -2.54. The SMILES string of the molecule is C=CCC(/C=C\C)NC(CC(C)C)C(=O)N1CCOCC1c1ncn[nH]1.CC.CC. The maximum atomic E-state index is 13.4. The van der Waals surface area contributed by atoms with E-state index in [1.165, 1.54) is 6.33 Å². The van der Waals surface area contributed by atoms with Crippen molar-refractivity contribution in [3.05, 3.63) is 37.0 Å². The number of aromatic amines is 1. The molecule has 1 aromatic heterocycles. The minimum absolute atomic E-state index is 0.0852. The lowest BCUT2D eigenvalue weighted by Gasteiger charge is -2.37. The summed E-state index contributed by atoms with van der Waals surface area (Å²) in [6.07, 6.45) is 8.97. The fraction of sp³-hybridized carbons (Fsp3) is 0.696. The quantitative estimate of drug-likeness (QED) is 0.582. The highest BCUT2D eigenvalue weighted by Crippen LogP contribution is 2.23. The molecule has 1 fully saturated rings. The van der Waals surface area contributed by atoms with Crippen LogP contribution in [-0.4, -0.2) is 57.8 Å². The Bertz CT molecular complexity index is 586. The summed E-state index contributed by atoms with van der Waals surface area (Å²) >= 11 is 0. The van der Waals surface area contributed by atoms with Gasteiger partial charge in [-0.15, -0.1) is 6.58 Å². The van der Waals surface area contributed by atoms with E-state index in [2.05, 4.69) is 47.0 Å². The Morgan fingerprint density at radius 3 is 2.63 bits per heavy atom. The van der Waals surface area contributed by atoms with E-state index in [1.807, 2.05) is 51.7 Å². The standard InChI is InChI=1S/C19H31N5O2.2C2H6/c1-5-7-15(8-6-2)22-16(11-14(3)4)19(25)24-9-10-26-12-17(24)18-20-13-21-23-18;2*1-2/h5-6,8,13-17,22H,1,7,9-12H2,2-4H3,(H,20,21,23);2*1-2H3/b8-6-;;. The Hall–Kier alpha value is -1.99. The van der Waals surface area contributed by atoms with E-state index in [-0.39, 0.29) is 24.0 Å². The molecule has 1 aliphatic rings. The zero-order valence-corrected chi connectivity index (χ0v) is 20.0. The second kappa shape index (κ2) is 16.8. The maximum absolute atomic E-state index is 13.4. The summed E-state index contributed by atoms with van der Waals surface area (Å²) in [5, 5.41) is 10.3. The third kappa shape index (κ3) is 9.22. The van der Waals surface area contributed by atoms with E-state index in [9.17, 15) is 4.79 Å². The maximum Gasteiger partial charge on any atom is 0.240 e. The number of carbonyl (C=O) groups is 1. The Labute approximate surface area is 183 Å². The lowest BCUT2D eigenvalue weighted by molar-refractivity contribution is -0.143. The summed E-state index contributed by atoms with van der Waals surface area (Å²) in [5.41, 5.74) is 0. The average molecular weight is 422 g/mol. The van der Waals surface area contributed by atoms with Crippen LogP contribution in [0, 0.1) is 5.92 Å². The van der Waals surface area contributed by atoms with Crippen LogP contribution in [0.5, 0.6) is 0 Å². The van der Waals surface area contributed by atoms with Gasteiger partial charge in [-0.05, 0) is 25.7 Å². The van der Waals surface area contributed by atoms with Crippen molar-refractivity contribution in [1.82, 2.24) is 25.4 Å². The fourth-order valence-electron chi connectivity index (χ4n) is 3.25. The Balaban J connectivity index is 0.00000198. The molecular formula is C23H43N5O2. The van der Waals surface area contributed by atoms with Crippen LogP contribution in [0.3, 0.4) is 0 Å². The van der Waals surface area contributed by atoms with Crippen molar-refractivity contribution in [3.63, 3.8) is 0 Å². The zero-order valence-electron chi connectivity index (χ0n) is 20.0. The largest absolute Gasteiger partial charge is 0.377 e. The molecule has 2 heterocycles. The molecule has 0 radical (unpaired) electrons. The highest BCUT2D eigenvalue weighted by molar-refractivity contribution is 5.82. The molecule has 1 saturated heterocycles. The Morgan fingerprint density at radius 1 is 1.40 bits per heavy atom. The predicted octanol–water partition coefficient (Wildman–Crippen LogP) is 4.28. The van der Waals surface area contributed by atoms with Gasteiger partial charge in [0.2, 0.25) is 5.91 Å². The number of morpholine rings is 1. The molecule has 1 aliphatic heterocycles. The van der Waals surface area contributed by atoms with Gasteiger partial charge in [-0.1, -0.05) is 59.8 Å². The number of aromatic nitrogens is 3. The van der Waals surface area contributed by atoms with Crippen molar-refractivity contribution in [3.8, 4) is 0 Å². The van der Waals surface area contributed by atoms with Gasteiger partial charge in [0.15, 0.2) is 0 Å². The molecule has 1 aromatic rings. The smallest absolute Gasteiger partial charge is 0.240 e. The minimum Gasteiger partial charge on any atom is -0.377 e. The number of H-pyrrole nitrogens is 1. The molecule has 3 atom stereocenters. The molecular weight excluding hydrogens is 378 g/mol. The number of rotatable bonds is 9. The van der Waals surface area contributed by atoms with Crippen molar-refractivity contribution >= 4 is 5.91 Å². The van der Waals surface area contributed by atoms with Crippen molar-refractivity contribution in [1.29, 1.82) is 0 Å². The third-order valence-electron chi connectivity index (χ3n) is 4.43. The van der Waals surface area contributed by atoms with E-state index >= 15 is 0 Å². The highest BCUT2D eigenvalue weighted by Gasteiger charge is 2.35. The summed E-state index contributed by atoms with van der Waals surface area (Å²) in [6, 6.07) is -0.399. The van der Waals surface area contributed by atoms with Crippen LogP contribution in [0.25, 0.3) is 0 Å². The Morgan fingerprint density at radius 2 is 2.10 bits per heavy atom. The van der Waals surface area contributed by atoms with Gasteiger partial charge in [-0.2, -0.15) is 5.10 Å². The van der Waals surface area contributed by atoms with Gasteiger partial charge in [-0.3, -0.25) is 15.2 Å². The van der Waals surface area contributed by atoms with Gasteiger partial charge in [0.1, 0.15) is 18.2 Å². The van der Waals surface area contributed by atoms with Gasteiger partial charge in [-0.25, -0.2) is 4.98 Å². The summed E-state index contributed by atoms with van der Waals surface area (Å²) in [7, 11) is 0. The monoisotopic (exact) mass is 421 g/mol. The van der Waals surface area contributed by atoms with Crippen molar-refractivity contribution < 1.29 is 9.53 Å². The van der Waals surface area contributed by atoms with Gasteiger partial charge in [0.05, 0.1) is 19.3 Å². The van der Waals surface area contributed by atoms with E-state index < -0.39 is 0 Å². The van der Waals surface area contributed by atoms with E-state index in [0.717, 1.165) is 12.8 Å². The van der Waals surface area contributed by atoms with Gasteiger partial charge in [0.25, 0.3) is 0 Å². The van der Waals surface area contributed by atoms with Crippen LogP contribution in [0.1, 0.15) is 73.2 Å². The first kappa shape index (κ1) is 28.0. The molecule has 0 spiro atoms. The third-order valence-corrected chi connectivity index (χ3v) is 4.43. The van der Waals surface area contributed by atoms with E-state index in [4.69, 9.17) is 4.74 Å². The molecule has 0 saturated carbocycles. The van der Waals surface area contributed by atoms with E-state index in [1.54, 1.807) is 0 Å². The average Bonchev–Trinajstić information content (AvgIpc) is 3.30. The first-order chi connectivity index (χ1) is 14.6. The van der Waals surface area contributed by atoms with Crippen LogP contribution >= 0.6 is 0 Å². The molecule has 1 amide bonds. The number of nitrogens with zero attached hydrogens (tertiary/aromatic N) is 3. The zero-order chi connectivity index (χ0) is 22.9. The number of amides is 1. The molecule has 0 aliphatic carbocycles. The first-order valence-corrected chi connectivity index (χ1v) is 11.3. The number of hydrogen-bond acceptors (Lipinski definition) is 5. The lowest BCUT2D eigenvalue weighted by atomic mass is 9.99. The number of hydrogen-bond donors (Lipinski definition) is 2. The first-order valence-electron chi connectivity index (χ1n) is 11.3. The summed E-state index contributed by atoms with van der Waals surface area (Å²) in [6.45, 7) is 19.6. The van der Waals surface area contributed by atoms with Crippen LogP contribution in [-0.2, 0) is 9.53 Å². The summed E-state index contributed by atoms with van der Waals surface area (Å²) in [5.74, 6) is 1.15. The van der Waals surface area contributed by atoms with Crippen LogP contribution in [0.4, 0.5) is 0 Å². The second-order valence-corrected chi connectivity index (χ2v) is 7.00. The Kier molecular flexibility index (Phi) is 15.7. The van der Waals surface area contributed by atoms with Crippen molar-refractivity contribution in [2.75, 3.05) is 19.8 Å². The van der Waals surface area contributed by atoms with Gasteiger partial charge < -0.3 is 9.64 Å². The molecule has 0 aromatic carbocycles. The van der Waals surface area contributed by atoms with Crippen molar-refractivity contribution in [2.24, 2.45) is 5.92 Å². The molecule has 2 rings (SSSR count). The molecule has 2 N–H and O–H groups in total. The van der Waals surface area contributed by atoms with Crippen LogP contribution in [0.2, 0.25) is 0 Å². The molecule has 30 heavy (non-hydrogen) atoms. The number of carbonyl (C=O) groups excluding carboxylic acids is 1. The van der Waals surface area contributed by atoms with Gasteiger partial charge in [0, 0.05) is 12.6 Å². The summed E-state index contributed by atoms with van der Waals surface area (Å²) < 4.78 is 5.58. The molecule has 7 heteroatoms. The van der Waals surface area contributed by atoms with Gasteiger partial charge >= 0.3 is 0 Å². The molecule has 3 unspecified atom stereocenters. The number of nitrogens with one attached hydrogen (secondary N) is 2. The fourth-order valence-corrected chi connectivity index (χ4v) is 3.25. The topological polar surface area (TPSA) is 83.1 Å². The summed E-state index contributed by atoms with van der Waals surface area (Å²) in [4.78, 5) is 19.5. The minimum atomic E-state index is -0.264. The highest BCUT2D eigenvalue weighted by atomic mass is 16.5. The van der Waals surface area contributed by atoms with Crippen LogP contribution in [0.15, 0.2) is 31.1 Å². The molecule has 7 nitrogen and oxygen atoms in total. The molecule has 172 valence electrons. The normalized spacial score (nSPS) is 18.1. The number of ether oxygens (including phenoxy) is 1. The van der Waals surface area contributed by atoms with Crippen molar-refractivity contribution in [2.45, 2.75) is 79.4 Å². The predicted molar refractivity (Wildman–Crippen MR) is 124 cm³/mol. The van der Waals surface area contributed by atoms with E-state index in [0.29, 0.717) is 31.5 Å². The second-order valence-electron chi connectivity index (χ2n) is 7.00. The molecule has 0 bridgehead atoms. The number of allylic oxidation sites excluding steroid dienone is 1.